The van der Waals surface area contributed by atoms with E-state index in [0.29, 0.717) is 35.2 Å². The summed E-state index contributed by atoms with van der Waals surface area (Å²) in [6.45, 7) is 20.7. The Morgan fingerprint density at radius 3 is 2.23 bits per heavy atom. The van der Waals surface area contributed by atoms with Crippen molar-refractivity contribution in [3.63, 3.8) is 0 Å². The zero-order valence-electron chi connectivity index (χ0n) is 28.6. The first-order valence-corrected chi connectivity index (χ1v) is 17.7. The van der Waals surface area contributed by atoms with Gasteiger partial charge in [0.15, 0.2) is 0 Å². The smallest absolute Gasteiger partial charge is 0.306 e. The van der Waals surface area contributed by atoms with Crippen LogP contribution in [0.3, 0.4) is 0 Å². The monoisotopic (exact) mass is 598 g/mol. The van der Waals surface area contributed by atoms with Crippen molar-refractivity contribution in [1.82, 2.24) is 0 Å². The van der Waals surface area contributed by atoms with Gasteiger partial charge in [-0.25, -0.2) is 0 Å². The maximum Gasteiger partial charge on any atom is 0.306 e. The van der Waals surface area contributed by atoms with Gasteiger partial charge in [0.05, 0.1) is 12.8 Å². The number of rotatable bonds is 8. The van der Waals surface area contributed by atoms with Crippen molar-refractivity contribution < 1.29 is 24.2 Å². The highest BCUT2D eigenvalue weighted by Crippen LogP contribution is 2.76. The van der Waals surface area contributed by atoms with Gasteiger partial charge in [0.25, 0.3) is 0 Å². The van der Waals surface area contributed by atoms with Crippen LogP contribution in [-0.4, -0.2) is 36.4 Å². The predicted octanol–water partition coefficient (Wildman–Crippen LogP) is 8.67. The van der Waals surface area contributed by atoms with Gasteiger partial charge in [-0.2, -0.15) is 0 Å². The Morgan fingerprint density at radius 1 is 0.814 bits per heavy atom. The van der Waals surface area contributed by atoms with E-state index in [9.17, 15) is 14.7 Å². The first-order valence-electron chi connectivity index (χ1n) is 17.7. The van der Waals surface area contributed by atoms with Crippen LogP contribution in [0.25, 0.3) is 0 Å². The van der Waals surface area contributed by atoms with Crippen LogP contribution in [0, 0.1) is 56.2 Å². The van der Waals surface area contributed by atoms with Gasteiger partial charge in [-0.1, -0.05) is 74.0 Å². The van der Waals surface area contributed by atoms with Gasteiger partial charge >= 0.3 is 11.9 Å². The summed E-state index contributed by atoms with van der Waals surface area (Å²) in [6.07, 6.45) is 16.6. The summed E-state index contributed by atoms with van der Waals surface area (Å²) < 4.78 is 11.5. The van der Waals surface area contributed by atoms with Crippen LogP contribution in [0.1, 0.15) is 138 Å². The molecule has 5 rings (SSSR count). The standard InChI is InChI=1S/C38H62O5/c1-9-22-42-31(40)23-33(2,3)24-32(41)43-30-16-18-35(6)28(34(30,4)5)15-19-37(8)29(35)14-13-26-27-12-10-11-17-38(27,25-39)21-20-36(26,37)7/h9,26-30,39H,1,10-25H2,2-8H3/t26?,27?,28?,29?,30?,35?,36-,37?,38?/m1/s1. The molecule has 43 heavy (non-hydrogen) atoms. The second-order valence-corrected chi connectivity index (χ2v) is 17.9. The van der Waals surface area contributed by atoms with E-state index in [0.717, 1.165) is 18.8 Å². The molecule has 0 aromatic carbocycles. The van der Waals surface area contributed by atoms with Crippen LogP contribution in [0.15, 0.2) is 12.7 Å². The van der Waals surface area contributed by atoms with Crippen LogP contribution in [0.4, 0.5) is 0 Å². The third kappa shape index (κ3) is 5.34. The molecule has 0 spiro atoms. The average molecular weight is 599 g/mol. The fourth-order valence-corrected chi connectivity index (χ4v) is 12.6. The van der Waals surface area contributed by atoms with Crippen molar-refractivity contribution in [2.24, 2.45) is 56.2 Å². The Labute approximate surface area is 262 Å². The van der Waals surface area contributed by atoms with Gasteiger partial charge in [0.1, 0.15) is 12.7 Å². The topological polar surface area (TPSA) is 72.8 Å². The highest BCUT2D eigenvalue weighted by molar-refractivity contribution is 5.74. The van der Waals surface area contributed by atoms with Crippen LogP contribution in [-0.2, 0) is 19.1 Å². The summed E-state index contributed by atoms with van der Waals surface area (Å²) in [6, 6.07) is 0. The van der Waals surface area contributed by atoms with E-state index < -0.39 is 5.41 Å². The number of aliphatic hydroxyl groups excluding tert-OH is 1. The zero-order valence-corrected chi connectivity index (χ0v) is 28.6. The van der Waals surface area contributed by atoms with Crippen LogP contribution < -0.4 is 0 Å². The predicted molar refractivity (Wildman–Crippen MR) is 171 cm³/mol. The van der Waals surface area contributed by atoms with Gasteiger partial charge in [0, 0.05) is 12.0 Å². The summed E-state index contributed by atoms with van der Waals surface area (Å²) in [5.41, 5.74) is 0.434. The molecule has 5 saturated carbocycles. The highest BCUT2D eigenvalue weighted by Gasteiger charge is 2.69. The Kier molecular flexibility index (Phi) is 8.80. The molecule has 1 N–H and O–H groups in total. The molecule has 244 valence electrons. The summed E-state index contributed by atoms with van der Waals surface area (Å²) in [5.74, 6) is 2.12. The van der Waals surface area contributed by atoms with E-state index in [1.807, 2.05) is 13.8 Å². The first kappa shape index (κ1) is 33.0. The average Bonchev–Trinajstić information content (AvgIpc) is 2.93. The number of hydrogen-bond acceptors (Lipinski definition) is 5. The molecule has 5 aliphatic rings. The summed E-state index contributed by atoms with van der Waals surface area (Å²) in [5, 5.41) is 10.7. The number of carbonyl (C=O) groups excluding carboxylic acids is 2. The molecule has 0 saturated heterocycles. The Morgan fingerprint density at radius 2 is 1.53 bits per heavy atom. The fraction of sp³-hybridized carbons (Fsp3) is 0.895. The third-order valence-corrected chi connectivity index (χ3v) is 14.9. The largest absolute Gasteiger partial charge is 0.462 e. The summed E-state index contributed by atoms with van der Waals surface area (Å²) >= 11 is 0. The number of fused-ring (bicyclic) bond motifs is 7. The number of carbonyl (C=O) groups is 2. The van der Waals surface area contributed by atoms with E-state index in [-0.39, 0.29) is 53.7 Å². The SMILES string of the molecule is C=CCOC(=O)CC(C)(C)CC(=O)OC1CCC2(C)C(CCC3(C)C2CCC2C4CCCCC4(CO)CC[C@]23C)C1(C)C. The molecule has 5 aliphatic carbocycles. The van der Waals surface area contributed by atoms with E-state index in [1.165, 1.54) is 64.2 Å². The van der Waals surface area contributed by atoms with Crippen LogP contribution in [0.5, 0.6) is 0 Å². The molecule has 0 radical (unpaired) electrons. The Bertz CT molecular complexity index is 1080. The molecule has 0 bridgehead atoms. The third-order valence-electron chi connectivity index (χ3n) is 14.9. The van der Waals surface area contributed by atoms with Crippen LogP contribution >= 0.6 is 0 Å². The molecular weight excluding hydrogens is 536 g/mol. The molecule has 0 aliphatic heterocycles. The first-order chi connectivity index (χ1) is 20.1. The molecule has 8 unspecified atom stereocenters. The molecule has 5 fully saturated rings. The van der Waals surface area contributed by atoms with Crippen molar-refractivity contribution in [1.29, 1.82) is 0 Å². The van der Waals surface area contributed by atoms with Gasteiger partial charge in [-0.05, 0) is 115 Å². The minimum Gasteiger partial charge on any atom is -0.462 e. The summed E-state index contributed by atoms with van der Waals surface area (Å²) in [7, 11) is 0. The molecule has 5 heteroatoms. The minimum absolute atomic E-state index is 0.0973. The lowest BCUT2D eigenvalue weighted by Gasteiger charge is -2.73. The number of ether oxygens (including phenoxy) is 2. The normalized spacial score (nSPS) is 43.7. The molecule has 5 nitrogen and oxygen atoms in total. The maximum absolute atomic E-state index is 13.3. The zero-order chi connectivity index (χ0) is 31.5. The van der Waals surface area contributed by atoms with Gasteiger partial charge in [0.2, 0.25) is 0 Å². The molecule has 0 heterocycles. The molecule has 9 atom stereocenters. The summed E-state index contributed by atoms with van der Waals surface area (Å²) in [4.78, 5) is 25.5. The number of esters is 2. The second-order valence-electron chi connectivity index (χ2n) is 17.9. The van der Waals surface area contributed by atoms with Crippen molar-refractivity contribution in [3.05, 3.63) is 12.7 Å². The van der Waals surface area contributed by atoms with Crippen LogP contribution in [0.2, 0.25) is 0 Å². The van der Waals surface area contributed by atoms with Crippen molar-refractivity contribution >= 4 is 11.9 Å². The maximum atomic E-state index is 13.3. The lowest BCUT2D eigenvalue weighted by atomic mass is 9.32. The minimum atomic E-state index is -0.519. The van der Waals surface area contributed by atoms with Crippen molar-refractivity contribution in [2.45, 2.75) is 144 Å². The van der Waals surface area contributed by atoms with E-state index >= 15 is 0 Å². The van der Waals surface area contributed by atoms with E-state index in [4.69, 9.17) is 9.47 Å². The van der Waals surface area contributed by atoms with Gasteiger partial charge in [-0.15, -0.1) is 0 Å². The molecular formula is C38H62O5. The van der Waals surface area contributed by atoms with Crippen molar-refractivity contribution in [3.8, 4) is 0 Å². The molecule has 0 aromatic rings. The molecule has 0 amide bonds. The quantitative estimate of drug-likeness (QED) is 0.224. The Balaban J connectivity index is 1.30. The number of hydrogen-bond donors (Lipinski definition) is 1. The highest BCUT2D eigenvalue weighted by atomic mass is 16.5. The molecule has 0 aromatic heterocycles. The van der Waals surface area contributed by atoms with Gasteiger partial charge in [-0.3, -0.25) is 9.59 Å². The van der Waals surface area contributed by atoms with Gasteiger partial charge < -0.3 is 14.6 Å². The van der Waals surface area contributed by atoms with E-state index in [1.54, 1.807) is 6.08 Å². The second kappa shape index (κ2) is 11.5. The lowest BCUT2D eigenvalue weighted by molar-refractivity contribution is -0.255. The number of aliphatic hydroxyl groups is 1. The van der Waals surface area contributed by atoms with E-state index in [2.05, 4.69) is 41.2 Å². The Hall–Kier alpha value is -1.36. The lowest BCUT2D eigenvalue weighted by Crippen LogP contribution is -2.67. The van der Waals surface area contributed by atoms with Crippen molar-refractivity contribution in [2.75, 3.05) is 13.2 Å². The fourth-order valence-electron chi connectivity index (χ4n) is 12.6.